The Morgan fingerprint density at radius 3 is 2.55 bits per heavy atom. The van der Waals surface area contributed by atoms with Gasteiger partial charge < -0.3 is 5.32 Å². The van der Waals surface area contributed by atoms with E-state index < -0.39 is 10.0 Å². The van der Waals surface area contributed by atoms with Crippen LogP contribution in [0.25, 0.3) is 0 Å². The van der Waals surface area contributed by atoms with Crippen molar-refractivity contribution in [1.82, 2.24) is 10.0 Å². The fourth-order valence-corrected chi connectivity index (χ4v) is 4.09. The smallest absolute Gasteiger partial charge is 0.252 e. The summed E-state index contributed by atoms with van der Waals surface area (Å²) in [5.41, 5.74) is 0.353. The third-order valence-electron chi connectivity index (χ3n) is 4.08. The Morgan fingerprint density at radius 1 is 1.27 bits per heavy atom. The molecule has 1 amide bonds. The molecule has 0 bridgehead atoms. The highest BCUT2D eigenvalue weighted by Crippen LogP contribution is 2.32. The Labute approximate surface area is 139 Å². The number of sulfonamides is 1. The van der Waals surface area contributed by atoms with Gasteiger partial charge in [0, 0.05) is 16.6 Å². The van der Waals surface area contributed by atoms with Gasteiger partial charge in [-0.1, -0.05) is 0 Å². The van der Waals surface area contributed by atoms with E-state index in [0.717, 1.165) is 25.7 Å². The molecule has 2 saturated carbocycles. The minimum absolute atomic E-state index is 0.0424. The van der Waals surface area contributed by atoms with Crippen molar-refractivity contribution < 1.29 is 13.2 Å². The van der Waals surface area contributed by atoms with E-state index in [1.807, 2.05) is 6.92 Å². The zero-order valence-electron chi connectivity index (χ0n) is 12.3. The Hall–Kier alpha value is -0.920. The monoisotopic (exact) mass is 386 g/mol. The molecule has 7 heteroatoms. The molecule has 5 nitrogen and oxygen atoms in total. The van der Waals surface area contributed by atoms with E-state index in [1.54, 1.807) is 6.07 Å². The van der Waals surface area contributed by atoms with Crippen molar-refractivity contribution in [2.45, 2.75) is 49.6 Å². The average molecular weight is 387 g/mol. The first kappa shape index (κ1) is 16.0. The lowest BCUT2D eigenvalue weighted by atomic mass is 10.1. The summed E-state index contributed by atoms with van der Waals surface area (Å²) in [5.74, 6) is 0.306. The van der Waals surface area contributed by atoms with Gasteiger partial charge in [-0.05, 0) is 72.7 Å². The van der Waals surface area contributed by atoms with Crippen LogP contribution >= 0.6 is 15.9 Å². The summed E-state index contributed by atoms with van der Waals surface area (Å²) in [6.07, 6.45) is 4.04. The largest absolute Gasteiger partial charge is 0.349 e. The molecule has 1 unspecified atom stereocenters. The second-order valence-corrected chi connectivity index (χ2v) is 8.71. The van der Waals surface area contributed by atoms with Gasteiger partial charge >= 0.3 is 0 Å². The van der Waals surface area contributed by atoms with E-state index in [0.29, 0.717) is 16.0 Å². The molecule has 0 aromatic heterocycles. The number of rotatable bonds is 6. The van der Waals surface area contributed by atoms with Crippen LogP contribution in [0.4, 0.5) is 0 Å². The van der Waals surface area contributed by atoms with Crippen LogP contribution in [0.2, 0.25) is 0 Å². The summed E-state index contributed by atoms with van der Waals surface area (Å²) in [6, 6.07) is 4.71. The average Bonchev–Trinajstić information content (AvgIpc) is 3.32. The zero-order chi connectivity index (χ0) is 15.9. The Bertz CT molecular complexity index is 697. The molecule has 0 radical (unpaired) electrons. The van der Waals surface area contributed by atoms with Crippen LogP contribution in [-0.4, -0.2) is 26.4 Å². The predicted octanol–water partition coefficient (Wildman–Crippen LogP) is 2.42. The highest BCUT2D eigenvalue weighted by atomic mass is 79.9. The van der Waals surface area contributed by atoms with Gasteiger partial charge in [-0.25, -0.2) is 13.1 Å². The first-order valence-corrected chi connectivity index (χ1v) is 9.77. The molecule has 2 aliphatic carbocycles. The lowest BCUT2D eigenvalue weighted by Crippen LogP contribution is -2.34. The molecule has 1 atom stereocenters. The van der Waals surface area contributed by atoms with Crippen molar-refractivity contribution >= 4 is 31.9 Å². The fraction of sp³-hybridized carbons (Fsp3) is 0.533. The van der Waals surface area contributed by atoms with Crippen LogP contribution in [0.3, 0.4) is 0 Å². The summed E-state index contributed by atoms with van der Waals surface area (Å²) in [6.45, 7) is 1.98. The standard InChI is InChI=1S/C15H19BrN2O3S/c1-9(10-2-3-10)17-15(19)13-8-12(6-7-14(13)16)22(20,21)18-11-4-5-11/h6-11,18H,2-5H2,1H3,(H,17,19). The normalized spacial score (nSPS) is 19.7. The van der Waals surface area contributed by atoms with Gasteiger partial charge in [0.2, 0.25) is 10.0 Å². The molecule has 0 saturated heterocycles. The van der Waals surface area contributed by atoms with Gasteiger partial charge in [-0.3, -0.25) is 4.79 Å². The van der Waals surface area contributed by atoms with Gasteiger partial charge in [0.05, 0.1) is 10.5 Å². The molecule has 1 aromatic rings. The van der Waals surface area contributed by atoms with Crippen molar-refractivity contribution in [2.75, 3.05) is 0 Å². The summed E-state index contributed by atoms with van der Waals surface area (Å²) in [5, 5.41) is 2.95. The third kappa shape index (κ3) is 3.70. The summed E-state index contributed by atoms with van der Waals surface area (Å²) in [7, 11) is -3.55. The van der Waals surface area contributed by atoms with Crippen LogP contribution in [0.5, 0.6) is 0 Å². The van der Waals surface area contributed by atoms with Crippen LogP contribution in [0.15, 0.2) is 27.6 Å². The van der Waals surface area contributed by atoms with Crippen LogP contribution in [0, 0.1) is 5.92 Å². The fourth-order valence-electron chi connectivity index (χ4n) is 2.33. The van der Waals surface area contributed by atoms with E-state index >= 15 is 0 Å². The summed E-state index contributed by atoms with van der Waals surface area (Å²) in [4.78, 5) is 12.5. The van der Waals surface area contributed by atoms with Crippen molar-refractivity contribution in [1.29, 1.82) is 0 Å². The SMILES string of the molecule is CC(NC(=O)c1cc(S(=O)(=O)NC2CC2)ccc1Br)C1CC1. The Balaban J connectivity index is 1.80. The molecule has 1 aromatic carbocycles. The maximum Gasteiger partial charge on any atom is 0.252 e. The maximum atomic E-state index is 12.4. The van der Waals surface area contributed by atoms with Crippen molar-refractivity contribution in [3.05, 3.63) is 28.2 Å². The number of carbonyl (C=O) groups excluding carboxylic acids is 1. The lowest BCUT2D eigenvalue weighted by molar-refractivity contribution is 0.0935. The molecular weight excluding hydrogens is 368 g/mol. The maximum absolute atomic E-state index is 12.4. The number of halogens is 1. The summed E-state index contributed by atoms with van der Waals surface area (Å²) >= 11 is 3.33. The summed E-state index contributed by atoms with van der Waals surface area (Å²) < 4.78 is 27.7. The van der Waals surface area contributed by atoms with Gasteiger partial charge in [-0.2, -0.15) is 0 Å². The zero-order valence-corrected chi connectivity index (χ0v) is 14.7. The molecule has 2 fully saturated rings. The van der Waals surface area contributed by atoms with Gasteiger partial charge in [0.1, 0.15) is 0 Å². The minimum atomic E-state index is -3.55. The molecule has 0 aliphatic heterocycles. The quantitative estimate of drug-likeness (QED) is 0.787. The van der Waals surface area contributed by atoms with Crippen LogP contribution in [0.1, 0.15) is 43.0 Å². The molecule has 120 valence electrons. The number of benzene rings is 1. The topological polar surface area (TPSA) is 75.3 Å². The second kappa shape index (κ2) is 5.94. The van der Waals surface area contributed by atoms with E-state index in [4.69, 9.17) is 0 Å². The highest BCUT2D eigenvalue weighted by molar-refractivity contribution is 9.10. The number of nitrogens with one attached hydrogen (secondary N) is 2. The number of hydrogen-bond donors (Lipinski definition) is 2. The van der Waals surface area contributed by atoms with Gasteiger partial charge in [-0.15, -0.1) is 0 Å². The lowest BCUT2D eigenvalue weighted by Gasteiger charge is -2.14. The van der Waals surface area contributed by atoms with E-state index in [-0.39, 0.29) is 22.9 Å². The van der Waals surface area contributed by atoms with Crippen molar-refractivity contribution in [3.8, 4) is 0 Å². The Morgan fingerprint density at radius 2 is 1.95 bits per heavy atom. The molecule has 0 heterocycles. The van der Waals surface area contributed by atoms with Crippen molar-refractivity contribution in [3.63, 3.8) is 0 Å². The molecule has 2 N–H and O–H groups in total. The van der Waals surface area contributed by atoms with Gasteiger partial charge in [0.15, 0.2) is 0 Å². The predicted molar refractivity (Wildman–Crippen MR) is 87.1 cm³/mol. The minimum Gasteiger partial charge on any atom is -0.349 e. The molecule has 0 spiro atoms. The van der Waals surface area contributed by atoms with Crippen molar-refractivity contribution in [2.24, 2.45) is 5.92 Å². The molecule has 3 rings (SSSR count). The third-order valence-corrected chi connectivity index (χ3v) is 6.29. The van der Waals surface area contributed by atoms with Gasteiger partial charge in [0.25, 0.3) is 5.91 Å². The second-order valence-electron chi connectivity index (χ2n) is 6.14. The molecule has 22 heavy (non-hydrogen) atoms. The van der Waals surface area contributed by atoms with Crippen LogP contribution in [-0.2, 0) is 10.0 Å². The Kier molecular flexibility index (Phi) is 4.31. The first-order valence-electron chi connectivity index (χ1n) is 7.49. The van der Waals surface area contributed by atoms with E-state index in [1.165, 1.54) is 12.1 Å². The molecule has 2 aliphatic rings. The van der Waals surface area contributed by atoms with Crippen LogP contribution < -0.4 is 10.0 Å². The molecular formula is C15H19BrN2O3S. The van der Waals surface area contributed by atoms with E-state index in [2.05, 4.69) is 26.0 Å². The first-order chi connectivity index (χ1) is 10.4. The van der Waals surface area contributed by atoms with E-state index in [9.17, 15) is 13.2 Å². The number of amides is 1. The number of carbonyl (C=O) groups is 1. The highest BCUT2D eigenvalue weighted by Gasteiger charge is 2.31. The number of hydrogen-bond acceptors (Lipinski definition) is 3.